The molecule has 30 heavy (non-hydrogen) atoms. The van der Waals surface area contributed by atoms with Crippen LogP contribution in [0.25, 0.3) is 0 Å². The van der Waals surface area contributed by atoms with Crippen LogP contribution in [0, 0.1) is 0 Å². The molecule has 1 aliphatic rings. The quantitative estimate of drug-likeness (QED) is 0.597. The number of aromatic nitrogens is 3. The lowest BCUT2D eigenvalue weighted by atomic mass is 10.1. The molecule has 0 spiro atoms. The van der Waals surface area contributed by atoms with E-state index in [9.17, 15) is 4.79 Å². The van der Waals surface area contributed by atoms with E-state index in [-0.39, 0.29) is 12.5 Å². The van der Waals surface area contributed by atoms with Crippen LogP contribution in [0.5, 0.6) is 17.4 Å². The maximum atomic E-state index is 12.7. The van der Waals surface area contributed by atoms with Gasteiger partial charge in [-0.2, -0.15) is 5.10 Å². The molecule has 0 atom stereocenters. The Hall–Kier alpha value is -3.55. The normalized spacial score (nSPS) is 12.9. The number of fused-ring (bicyclic) bond motifs is 1. The van der Waals surface area contributed by atoms with Crippen LogP contribution in [0.3, 0.4) is 0 Å². The highest BCUT2D eigenvalue weighted by molar-refractivity contribution is 5.78. The topological polar surface area (TPSA) is 78.7 Å². The van der Waals surface area contributed by atoms with Gasteiger partial charge in [0.1, 0.15) is 23.8 Å². The molecule has 1 aromatic carbocycles. The van der Waals surface area contributed by atoms with Gasteiger partial charge in [-0.3, -0.25) is 9.48 Å². The molecule has 0 saturated carbocycles. The van der Waals surface area contributed by atoms with Crippen LogP contribution in [0.1, 0.15) is 17.0 Å². The summed E-state index contributed by atoms with van der Waals surface area (Å²) in [7, 11) is 3.53. The smallest absolute Gasteiger partial charge is 0.260 e. The van der Waals surface area contributed by atoms with Crippen LogP contribution in [-0.2, 0) is 31.4 Å². The number of ether oxygens (including phenoxy) is 3. The van der Waals surface area contributed by atoms with E-state index in [1.165, 1.54) is 0 Å². The van der Waals surface area contributed by atoms with Gasteiger partial charge < -0.3 is 19.1 Å². The van der Waals surface area contributed by atoms with Crippen molar-refractivity contribution < 1.29 is 19.0 Å². The first-order chi connectivity index (χ1) is 14.6. The van der Waals surface area contributed by atoms with Crippen LogP contribution in [-0.4, -0.2) is 45.8 Å². The minimum Gasteiger partial charge on any atom is -0.497 e. The third-order valence-corrected chi connectivity index (χ3v) is 5.09. The average molecular weight is 408 g/mol. The summed E-state index contributed by atoms with van der Waals surface area (Å²) in [5.41, 5.74) is 3.00. The van der Waals surface area contributed by atoms with Gasteiger partial charge in [-0.15, -0.1) is 0 Å². The number of methoxy groups -OCH3 is 1. The zero-order valence-electron chi connectivity index (χ0n) is 17.1. The Labute approximate surface area is 175 Å². The Morgan fingerprint density at radius 1 is 1.10 bits per heavy atom. The maximum absolute atomic E-state index is 12.7. The van der Waals surface area contributed by atoms with Crippen LogP contribution in [0.4, 0.5) is 0 Å². The van der Waals surface area contributed by atoms with Crippen molar-refractivity contribution in [2.75, 3.05) is 20.3 Å². The molecule has 0 radical (unpaired) electrons. The molecule has 8 nitrogen and oxygen atoms in total. The molecule has 3 heterocycles. The standard InChI is InChI=1S/C22H24N4O4/c1-25-20-10-12-26(22(27)15-29-17-8-6-16(28-2)7-9-17)13-18(20)19(24-25)14-30-21-5-3-4-11-23-21/h3-9,11H,10,12-15H2,1-2H3. The number of pyridine rings is 1. The summed E-state index contributed by atoms with van der Waals surface area (Å²) in [5.74, 6) is 1.87. The van der Waals surface area contributed by atoms with Gasteiger partial charge >= 0.3 is 0 Å². The van der Waals surface area contributed by atoms with Crippen molar-refractivity contribution in [2.45, 2.75) is 19.6 Å². The predicted octanol–water partition coefficient (Wildman–Crippen LogP) is 2.37. The lowest BCUT2D eigenvalue weighted by Gasteiger charge is -2.27. The second-order valence-corrected chi connectivity index (χ2v) is 6.98. The summed E-state index contributed by atoms with van der Waals surface area (Å²) >= 11 is 0. The fraction of sp³-hybridized carbons (Fsp3) is 0.318. The van der Waals surface area contributed by atoms with Gasteiger partial charge in [0, 0.05) is 50.1 Å². The number of hydrogen-bond donors (Lipinski definition) is 0. The largest absolute Gasteiger partial charge is 0.497 e. The first-order valence-corrected chi connectivity index (χ1v) is 9.76. The summed E-state index contributed by atoms with van der Waals surface area (Å²) in [5, 5.41) is 4.59. The first-order valence-electron chi connectivity index (χ1n) is 9.76. The summed E-state index contributed by atoms with van der Waals surface area (Å²) in [6.45, 7) is 1.43. The number of benzene rings is 1. The molecule has 0 bridgehead atoms. The van der Waals surface area contributed by atoms with Crippen molar-refractivity contribution in [1.82, 2.24) is 19.7 Å². The molecule has 0 unspecified atom stereocenters. The van der Waals surface area contributed by atoms with Crippen molar-refractivity contribution in [3.63, 3.8) is 0 Å². The molecule has 1 aliphatic heterocycles. The predicted molar refractivity (Wildman–Crippen MR) is 109 cm³/mol. The Kier molecular flexibility index (Phi) is 5.83. The van der Waals surface area contributed by atoms with Crippen molar-refractivity contribution >= 4 is 5.91 Å². The van der Waals surface area contributed by atoms with Crippen LogP contribution in [0.2, 0.25) is 0 Å². The van der Waals surface area contributed by atoms with Gasteiger partial charge in [-0.1, -0.05) is 6.07 Å². The second kappa shape index (κ2) is 8.86. The molecule has 0 saturated heterocycles. The third-order valence-electron chi connectivity index (χ3n) is 5.09. The summed E-state index contributed by atoms with van der Waals surface area (Å²) < 4.78 is 18.4. The Morgan fingerprint density at radius 3 is 2.63 bits per heavy atom. The highest BCUT2D eigenvalue weighted by Gasteiger charge is 2.27. The van der Waals surface area contributed by atoms with Crippen molar-refractivity contribution in [3.05, 3.63) is 65.6 Å². The van der Waals surface area contributed by atoms with Crippen LogP contribution >= 0.6 is 0 Å². The number of aryl methyl sites for hydroxylation is 1. The molecule has 0 fully saturated rings. The monoisotopic (exact) mass is 408 g/mol. The van der Waals surface area contributed by atoms with Gasteiger partial charge in [-0.25, -0.2) is 4.98 Å². The van der Waals surface area contributed by atoms with E-state index in [1.807, 2.05) is 29.9 Å². The number of carbonyl (C=O) groups excluding carboxylic acids is 1. The summed E-state index contributed by atoms with van der Waals surface area (Å²) in [4.78, 5) is 18.7. The summed E-state index contributed by atoms with van der Waals surface area (Å²) in [6.07, 6.45) is 2.43. The molecule has 1 amide bonds. The van der Waals surface area contributed by atoms with Crippen LogP contribution in [0.15, 0.2) is 48.7 Å². The molecular weight excluding hydrogens is 384 g/mol. The first kappa shape index (κ1) is 19.8. The number of nitrogens with zero attached hydrogens (tertiary/aromatic N) is 4. The van der Waals surface area contributed by atoms with Crippen molar-refractivity contribution in [3.8, 4) is 17.4 Å². The van der Waals surface area contributed by atoms with Gasteiger partial charge in [0.05, 0.1) is 7.11 Å². The third kappa shape index (κ3) is 4.37. The van der Waals surface area contributed by atoms with E-state index >= 15 is 0 Å². The highest BCUT2D eigenvalue weighted by atomic mass is 16.5. The van der Waals surface area contributed by atoms with Crippen molar-refractivity contribution in [1.29, 1.82) is 0 Å². The highest BCUT2D eigenvalue weighted by Crippen LogP contribution is 2.24. The molecule has 0 N–H and O–H groups in total. The minimum absolute atomic E-state index is 0.0122. The fourth-order valence-corrected chi connectivity index (χ4v) is 3.48. The lowest BCUT2D eigenvalue weighted by Crippen LogP contribution is -2.39. The molecule has 2 aromatic heterocycles. The molecule has 3 aromatic rings. The van der Waals surface area contributed by atoms with E-state index in [1.54, 1.807) is 42.5 Å². The SMILES string of the molecule is COc1ccc(OCC(=O)N2CCc3c(c(COc4ccccn4)nn3C)C2)cc1. The number of amides is 1. The van der Waals surface area contributed by atoms with Gasteiger partial charge in [-0.05, 0) is 30.3 Å². The molecule has 4 rings (SSSR count). The number of rotatable bonds is 7. The zero-order chi connectivity index (χ0) is 20.9. The Bertz CT molecular complexity index is 1000. The molecule has 0 aliphatic carbocycles. The minimum atomic E-state index is -0.0584. The lowest BCUT2D eigenvalue weighted by molar-refractivity contribution is -0.134. The zero-order valence-corrected chi connectivity index (χ0v) is 17.1. The average Bonchev–Trinajstić information content (AvgIpc) is 3.12. The van der Waals surface area contributed by atoms with Gasteiger partial charge in [0.15, 0.2) is 6.61 Å². The van der Waals surface area contributed by atoms with Gasteiger partial charge in [0.2, 0.25) is 5.88 Å². The fourth-order valence-electron chi connectivity index (χ4n) is 3.48. The van der Waals surface area contributed by atoms with E-state index < -0.39 is 0 Å². The van der Waals surface area contributed by atoms with E-state index in [4.69, 9.17) is 14.2 Å². The Morgan fingerprint density at radius 2 is 1.90 bits per heavy atom. The van der Waals surface area contributed by atoms with Gasteiger partial charge in [0.25, 0.3) is 5.91 Å². The van der Waals surface area contributed by atoms with Crippen molar-refractivity contribution in [2.24, 2.45) is 7.05 Å². The van der Waals surface area contributed by atoms with E-state index in [2.05, 4.69) is 10.1 Å². The van der Waals surface area contributed by atoms with Crippen LogP contribution < -0.4 is 14.2 Å². The molecule has 8 heteroatoms. The number of carbonyl (C=O) groups is 1. The Balaban J connectivity index is 1.38. The summed E-state index contributed by atoms with van der Waals surface area (Å²) in [6, 6.07) is 12.7. The van der Waals surface area contributed by atoms with E-state index in [0.717, 1.165) is 29.1 Å². The van der Waals surface area contributed by atoms with E-state index in [0.29, 0.717) is 31.3 Å². The molecule has 156 valence electrons. The second-order valence-electron chi connectivity index (χ2n) is 6.98. The molecular formula is C22H24N4O4. The number of hydrogen-bond acceptors (Lipinski definition) is 6. The maximum Gasteiger partial charge on any atom is 0.260 e.